The van der Waals surface area contributed by atoms with Crippen LogP contribution in [-0.2, 0) is 0 Å². The predicted octanol–water partition coefficient (Wildman–Crippen LogP) is 2.76. The monoisotopic (exact) mass is 285 g/mol. The summed E-state index contributed by atoms with van der Waals surface area (Å²) in [5.74, 6) is -1.09. The predicted molar refractivity (Wildman–Crippen MR) is 79.8 cm³/mol. The molecule has 0 spiro atoms. The normalized spacial score (nSPS) is 10.0. The number of pyridine rings is 1. The third kappa shape index (κ3) is 3.56. The summed E-state index contributed by atoms with van der Waals surface area (Å²) in [6, 6.07) is 8.47. The zero-order valence-corrected chi connectivity index (χ0v) is 11.7. The Morgan fingerprint density at radius 2 is 1.86 bits per heavy atom. The maximum absolute atomic E-state index is 12.1. The highest BCUT2D eigenvalue weighted by Crippen LogP contribution is 2.15. The Kier molecular flexibility index (Phi) is 4.18. The van der Waals surface area contributed by atoms with Crippen LogP contribution in [0.4, 0.5) is 16.2 Å². The lowest BCUT2D eigenvalue weighted by Gasteiger charge is -2.18. The minimum absolute atomic E-state index is 0.0192. The summed E-state index contributed by atoms with van der Waals surface area (Å²) in [5.41, 5.74) is 2.19. The number of aromatic nitrogens is 1. The van der Waals surface area contributed by atoms with E-state index in [4.69, 9.17) is 5.11 Å². The fourth-order valence-corrected chi connectivity index (χ4v) is 1.72. The fraction of sp³-hybridized carbons (Fsp3) is 0.133. The Balaban J connectivity index is 2.12. The molecule has 0 fully saturated rings. The molecular weight excluding hydrogens is 270 g/mol. The molecular formula is C15H15N3O3. The molecule has 0 aliphatic rings. The van der Waals surface area contributed by atoms with Crippen molar-refractivity contribution in [2.45, 2.75) is 6.92 Å². The Labute approximate surface area is 122 Å². The van der Waals surface area contributed by atoms with E-state index in [1.165, 1.54) is 23.4 Å². The summed E-state index contributed by atoms with van der Waals surface area (Å²) in [6.45, 7) is 1.97. The molecule has 1 aromatic carbocycles. The molecule has 0 radical (unpaired) electrons. The molecule has 1 aromatic heterocycles. The third-order valence-electron chi connectivity index (χ3n) is 2.96. The summed E-state index contributed by atoms with van der Waals surface area (Å²) in [6.07, 6.45) is 2.62. The van der Waals surface area contributed by atoms with E-state index in [1.54, 1.807) is 7.05 Å². The summed E-state index contributed by atoms with van der Waals surface area (Å²) in [5, 5.41) is 11.5. The number of benzene rings is 1. The van der Waals surface area contributed by atoms with E-state index in [0.29, 0.717) is 5.69 Å². The Morgan fingerprint density at radius 1 is 1.19 bits per heavy atom. The van der Waals surface area contributed by atoms with E-state index in [-0.39, 0.29) is 11.6 Å². The average molecular weight is 285 g/mol. The summed E-state index contributed by atoms with van der Waals surface area (Å²) >= 11 is 0. The number of carbonyl (C=O) groups is 2. The molecule has 0 saturated heterocycles. The molecule has 0 aliphatic heterocycles. The van der Waals surface area contributed by atoms with Crippen LogP contribution in [0.5, 0.6) is 0 Å². The van der Waals surface area contributed by atoms with Crippen LogP contribution in [0.3, 0.4) is 0 Å². The van der Waals surface area contributed by atoms with Gasteiger partial charge in [0.25, 0.3) is 0 Å². The third-order valence-corrected chi connectivity index (χ3v) is 2.96. The zero-order chi connectivity index (χ0) is 15.4. The minimum Gasteiger partial charge on any atom is -0.478 e. The van der Waals surface area contributed by atoms with Crippen LogP contribution in [0, 0.1) is 6.92 Å². The van der Waals surface area contributed by atoms with E-state index in [2.05, 4.69) is 10.3 Å². The molecule has 6 heteroatoms. The highest BCUT2D eigenvalue weighted by atomic mass is 16.4. The number of hydrogen-bond acceptors (Lipinski definition) is 3. The van der Waals surface area contributed by atoms with Crippen molar-refractivity contribution in [3.63, 3.8) is 0 Å². The lowest BCUT2D eigenvalue weighted by Crippen LogP contribution is -2.31. The highest BCUT2D eigenvalue weighted by Gasteiger charge is 2.12. The van der Waals surface area contributed by atoms with E-state index < -0.39 is 5.97 Å². The van der Waals surface area contributed by atoms with Crippen molar-refractivity contribution in [2.24, 2.45) is 0 Å². The number of aryl methyl sites for hydroxylation is 1. The number of rotatable bonds is 3. The van der Waals surface area contributed by atoms with Crippen molar-refractivity contribution >= 4 is 23.4 Å². The lowest BCUT2D eigenvalue weighted by atomic mass is 10.2. The van der Waals surface area contributed by atoms with E-state index in [1.807, 2.05) is 31.2 Å². The van der Waals surface area contributed by atoms with Crippen LogP contribution in [-0.4, -0.2) is 29.1 Å². The standard InChI is InChI=1S/C15H15N3O3/c1-10-3-5-13(6-4-10)18(2)15(21)17-12-7-11(14(19)20)8-16-9-12/h3-9H,1-2H3,(H,17,21)(H,19,20). The topological polar surface area (TPSA) is 82.5 Å². The molecule has 2 rings (SSSR count). The molecule has 2 aromatic rings. The van der Waals surface area contributed by atoms with Gasteiger partial charge in [-0.1, -0.05) is 17.7 Å². The van der Waals surface area contributed by atoms with Crippen LogP contribution in [0.25, 0.3) is 0 Å². The van der Waals surface area contributed by atoms with Crippen molar-refractivity contribution in [3.8, 4) is 0 Å². The number of aromatic carboxylic acids is 1. The van der Waals surface area contributed by atoms with Gasteiger partial charge in [0, 0.05) is 18.9 Å². The Bertz CT molecular complexity index is 668. The summed E-state index contributed by atoms with van der Waals surface area (Å²) in [4.78, 5) is 28.2. The maximum Gasteiger partial charge on any atom is 0.337 e. The molecule has 1 heterocycles. The van der Waals surface area contributed by atoms with Crippen LogP contribution < -0.4 is 10.2 Å². The molecule has 2 amide bonds. The maximum atomic E-state index is 12.1. The molecule has 0 unspecified atom stereocenters. The van der Waals surface area contributed by atoms with Gasteiger partial charge in [-0.25, -0.2) is 9.59 Å². The summed E-state index contributed by atoms with van der Waals surface area (Å²) < 4.78 is 0. The van der Waals surface area contributed by atoms with E-state index >= 15 is 0 Å². The molecule has 0 aliphatic carbocycles. The largest absolute Gasteiger partial charge is 0.478 e. The van der Waals surface area contributed by atoms with Crippen LogP contribution in [0.2, 0.25) is 0 Å². The molecule has 108 valence electrons. The van der Waals surface area contributed by atoms with Crippen molar-refractivity contribution in [1.29, 1.82) is 0 Å². The number of carbonyl (C=O) groups excluding carboxylic acids is 1. The van der Waals surface area contributed by atoms with Gasteiger partial charge in [0.2, 0.25) is 0 Å². The molecule has 0 atom stereocenters. The first-order valence-electron chi connectivity index (χ1n) is 6.27. The lowest BCUT2D eigenvalue weighted by molar-refractivity contribution is 0.0696. The number of nitrogens with zero attached hydrogens (tertiary/aromatic N) is 2. The molecule has 21 heavy (non-hydrogen) atoms. The van der Waals surface area contributed by atoms with Crippen LogP contribution in [0.15, 0.2) is 42.7 Å². The molecule has 6 nitrogen and oxygen atoms in total. The van der Waals surface area contributed by atoms with Gasteiger partial charge in [-0.05, 0) is 25.1 Å². The van der Waals surface area contributed by atoms with Crippen molar-refractivity contribution < 1.29 is 14.7 Å². The van der Waals surface area contributed by atoms with Gasteiger partial charge < -0.3 is 10.4 Å². The Hall–Kier alpha value is -2.89. The van der Waals surface area contributed by atoms with E-state index in [0.717, 1.165) is 11.3 Å². The second-order valence-corrected chi connectivity index (χ2v) is 4.59. The number of urea groups is 1. The van der Waals surface area contributed by atoms with Gasteiger partial charge in [0.05, 0.1) is 17.4 Å². The first kappa shape index (κ1) is 14.5. The minimum atomic E-state index is -1.09. The summed E-state index contributed by atoms with van der Waals surface area (Å²) in [7, 11) is 1.63. The molecule has 2 N–H and O–H groups in total. The van der Waals surface area contributed by atoms with Crippen LogP contribution in [0.1, 0.15) is 15.9 Å². The molecule has 0 bridgehead atoms. The first-order valence-corrected chi connectivity index (χ1v) is 6.27. The van der Waals surface area contributed by atoms with Crippen molar-refractivity contribution in [2.75, 3.05) is 17.3 Å². The number of amides is 2. The molecule has 0 saturated carbocycles. The van der Waals surface area contributed by atoms with Crippen molar-refractivity contribution in [3.05, 3.63) is 53.9 Å². The van der Waals surface area contributed by atoms with Crippen molar-refractivity contribution in [1.82, 2.24) is 4.98 Å². The number of hydrogen-bond donors (Lipinski definition) is 2. The van der Waals surface area contributed by atoms with E-state index in [9.17, 15) is 9.59 Å². The smallest absolute Gasteiger partial charge is 0.337 e. The van der Waals surface area contributed by atoms with Crippen LogP contribution >= 0.6 is 0 Å². The zero-order valence-electron chi connectivity index (χ0n) is 11.7. The van der Waals surface area contributed by atoms with Gasteiger partial charge in [-0.3, -0.25) is 9.88 Å². The van der Waals surface area contributed by atoms with Gasteiger partial charge >= 0.3 is 12.0 Å². The van der Waals surface area contributed by atoms with Gasteiger partial charge in [0.15, 0.2) is 0 Å². The Morgan fingerprint density at radius 3 is 2.48 bits per heavy atom. The number of nitrogens with one attached hydrogen (secondary N) is 1. The number of carboxylic acids is 1. The number of anilines is 2. The highest BCUT2D eigenvalue weighted by molar-refractivity contribution is 6.01. The SMILES string of the molecule is Cc1ccc(N(C)C(=O)Nc2cncc(C(=O)O)c2)cc1. The average Bonchev–Trinajstić information content (AvgIpc) is 2.47. The fourth-order valence-electron chi connectivity index (χ4n) is 1.72. The van der Waals surface area contributed by atoms with Gasteiger partial charge in [0.1, 0.15) is 0 Å². The second kappa shape index (κ2) is 6.04. The second-order valence-electron chi connectivity index (χ2n) is 4.59. The first-order chi connectivity index (χ1) is 9.97. The quantitative estimate of drug-likeness (QED) is 0.908. The van der Waals surface area contributed by atoms with Gasteiger partial charge in [-0.2, -0.15) is 0 Å². The number of carboxylic acid groups (broad SMARTS) is 1. The van der Waals surface area contributed by atoms with Gasteiger partial charge in [-0.15, -0.1) is 0 Å².